The molecule has 1 aromatic carbocycles. The maximum atomic E-state index is 5.35. The molecule has 1 heterocycles. The zero-order valence-corrected chi connectivity index (χ0v) is 8.76. The molecule has 2 rings (SSSR count). The first-order valence-corrected chi connectivity index (χ1v) is 4.76. The lowest BCUT2D eigenvalue weighted by Gasteiger charge is -2.11. The first-order chi connectivity index (χ1) is 6.76. The van der Waals surface area contributed by atoms with E-state index in [4.69, 9.17) is 9.47 Å². The molecule has 1 aliphatic heterocycles. The molecule has 3 nitrogen and oxygen atoms in total. The molecule has 3 heteroatoms. The monoisotopic (exact) mass is 193 g/mol. The summed E-state index contributed by atoms with van der Waals surface area (Å²) in [4.78, 5) is 0. The summed E-state index contributed by atoms with van der Waals surface area (Å²) in [6, 6.07) is 3.95. The van der Waals surface area contributed by atoms with Crippen molar-refractivity contribution >= 4 is 5.69 Å². The lowest BCUT2D eigenvalue weighted by atomic mass is 10.0. The number of benzene rings is 1. The Morgan fingerprint density at radius 2 is 2.07 bits per heavy atom. The second-order valence-electron chi connectivity index (χ2n) is 3.57. The number of hydrogen-bond acceptors (Lipinski definition) is 3. The summed E-state index contributed by atoms with van der Waals surface area (Å²) < 4.78 is 10.5. The fraction of sp³-hybridized carbons (Fsp3) is 0.455. The number of methoxy groups -OCH3 is 2. The minimum Gasteiger partial charge on any atom is -0.497 e. The van der Waals surface area contributed by atoms with E-state index >= 15 is 0 Å². The Balaban J connectivity index is 2.52. The van der Waals surface area contributed by atoms with Gasteiger partial charge in [-0.2, -0.15) is 0 Å². The smallest absolute Gasteiger partial charge is 0.128 e. The van der Waals surface area contributed by atoms with Crippen LogP contribution in [0, 0.1) is 0 Å². The Labute approximate surface area is 84.0 Å². The van der Waals surface area contributed by atoms with Crippen molar-refractivity contribution in [2.75, 3.05) is 26.1 Å². The van der Waals surface area contributed by atoms with Crippen LogP contribution in [0.2, 0.25) is 0 Å². The van der Waals surface area contributed by atoms with Crippen LogP contribution < -0.4 is 14.8 Å². The van der Waals surface area contributed by atoms with E-state index in [0.717, 1.165) is 23.7 Å². The molecule has 0 saturated heterocycles. The second-order valence-corrected chi connectivity index (χ2v) is 3.57. The fourth-order valence-corrected chi connectivity index (χ4v) is 1.91. The Bertz CT molecular complexity index is 349. The lowest BCUT2D eigenvalue weighted by molar-refractivity contribution is 0.391. The Kier molecular flexibility index (Phi) is 2.23. The zero-order valence-electron chi connectivity index (χ0n) is 8.76. The summed E-state index contributed by atoms with van der Waals surface area (Å²) in [5, 5.41) is 3.34. The van der Waals surface area contributed by atoms with Crippen molar-refractivity contribution in [1.82, 2.24) is 0 Å². The highest BCUT2D eigenvalue weighted by molar-refractivity contribution is 5.66. The maximum absolute atomic E-state index is 5.35. The molecule has 0 bridgehead atoms. The SMILES string of the molecule is COc1cc2c(c(OC)c1)[C@H](C)CN2. The van der Waals surface area contributed by atoms with Gasteiger partial charge in [0, 0.05) is 35.8 Å². The second kappa shape index (κ2) is 3.40. The summed E-state index contributed by atoms with van der Waals surface area (Å²) in [7, 11) is 3.36. The van der Waals surface area contributed by atoms with Gasteiger partial charge in [-0.25, -0.2) is 0 Å². The van der Waals surface area contributed by atoms with Crippen LogP contribution in [0.4, 0.5) is 5.69 Å². The maximum Gasteiger partial charge on any atom is 0.128 e. The molecular weight excluding hydrogens is 178 g/mol. The van der Waals surface area contributed by atoms with Crippen LogP contribution in [-0.2, 0) is 0 Å². The van der Waals surface area contributed by atoms with Gasteiger partial charge in [0.25, 0.3) is 0 Å². The summed E-state index contributed by atoms with van der Waals surface area (Å²) in [6.45, 7) is 3.16. The van der Waals surface area contributed by atoms with Gasteiger partial charge in [0.1, 0.15) is 11.5 Å². The molecule has 0 aromatic heterocycles. The summed E-state index contributed by atoms with van der Waals surface area (Å²) in [5.74, 6) is 2.25. The van der Waals surface area contributed by atoms with Gasteiger partial charge in [0.2, 0.25) is 0 Å². The Morgan fingerprint density at radius 1 is 1.29 bits per heavy atom. The van der Waals surface area contributed by atoms with Crippen LogP contribution in [0.3, 0.4) is 0 Å². The van der Waals surface area contributed by atoms with Crippen LogP contribution >= 0.6 is 0 Å². The highest BCUT2D eigenvalue weighted by atomic mass is 16.5. The largest absolute Gasteiger partial charge is 0.497 e. The molecular formula is C11H15NO2. The normalized spacial score (nSPS) is 18.6. The third-order valence-electron chi connectivity index (χ3n) is 2.66. The topological polar surface area (TPSA) is 30.5 Å². The van der Waals surface area contributed by atoms with Crippen molar-refractivity contribution < 1.29 is 9.47 Å². The summed E-state index contributed by atoms with van der Waals surface area (Å²) in [6.07, 6.45) is 0. The number of ether oxygens (including phenoxy) is 2. The standard InChI is InChI=1S/C11H15NO2/c1-7-6-12-9-4-8(13-2)5-10(14-3)11(7)9/h4-5,7,12H,6H2,1-3H3/t7-/m1/s1. The van der Waals surface area contributed by atoms with Crippen molar-refractivity contribution in [3.63, 3.8) is 0 Å². The van der Waals surface area contributed by atoms with Gasteiger partial charge in [-0.3, -0.25) is 0 Å². The molecule has 0 amide bonds. The molecule has 1 aromatic rings. The lowest BCUT2D eigenvalue weighted by Crippen LogP contribution is -1.97. The highest BCUT2D eigenvalue weighted by Crippen LogP contribution is 2.41. The van der Waals surface area contributed by atoms with Gasteiger partial charge in [-0.1, -0.05) is 6.92 Å². The number of fused-ring (bicyclic) bond motifs is 1. The molecule has 14 heavy (non-hydrogen) atoms. The number of rotatable bonds is 2. The van der Waals surface area contributed by atoms with Crippen molar-refractivity contribution in [2.45, 2.75) is 12.8 Å². The van der Waals surface area contributed by atoms with Gasteiger partial charge in [0.15, 0.2) is 0 Å². The molecule has 0 radical (unpaired) electrons. The van der Waals surface area contributed by atoms with E-state index in [-0.39, 0.29) is 0 Å². The van der Waals surface area contributed by atoms with Gasteiger partial charge in [-0.15, -0.1) is 0 Å². The molecule has 1 atom stereocenters. The van der Waals surface area contributed by atoms with Crippen molar-refractivity contribution in [3.05, 3.63) is 17.7 Å². The van der Waals surface area contributed by atoms with Crippen LogP contribution in [-0.4, -0.2) is 20.8 Å². The van der Waals surface area contributed by atoms with Crippen LogP contribution in [0.25, 0.3) is 0 Å². The fourth-order valence-electron chi connectivity index (χ4n) is 1.91. The third-order valence-corrected chi connectivity index (χ3v) is 2.66. The van der Waals surface area contributed by atoms with Gasteiger partial charge in [-0.05, 0) is 0 Å². The first-order valence-electron chi connectivity index (χ1n) is 4.76. The molecule has 0 spiro atoms. The zero-order chi connectivity index (χ0) is 10.1. The first kappa shape index (κ1) is 9.19. The minimum atomic E-state index is 0.505. The molecule has 0 saturated carbocycles. The molecule has 76 valence electrons. The molecule has 0 unspecified atom stereocenters. The van der Waals surface area contributed by atoms with Crippen molar-refractivity contribution in [3.8, 4) is 11.5 Å². The van der Waals surface area contributed by atoms with Crippen molar-refractivity contribution in [1.29, 1.82) is 0 Å². The van der Waals surface area contributed by atoms with Gasteiger partial charge in [0.05, 0.1) is 14.2 Å². The van der Waals surface area contributed by atoms with Gasteiger partial charge >= 0.3 is 0 Å². The number of hydrogen-bond donors (Lipinski definition) is 1. The molecule has 0 fully saturated rings. The van der Waals surface area contributed by atoms with Crippen LogP contribution in [0.5, 0.6) is 11.5 Å². The predicted octanol–water partition coefficient (Wildman–Crippen LogP) is 2.23. The van der Waals surface area contributed by atoms with E-state index in [1.807, 2.05) is 12.1 Å². The quantitative estimate of drug-likeness (QED) is 0.781. The Hall–Kier alpha value is -1.38. The summed E-state index contributed by atoms with van der Waals surface area (Å²) >= 11 is 0. The summed E-state index contributed by atoms with van der Waals surface area (Å²) in [5.41, 5.74) is 2.39. The highest BCUT2D eigenvalue weighted by Gasteiger charge is 2.23. The number of anilines is 1. The van der Waals surface area contributed by atoms with Crippen molar-refractivity contribution in [2.24, 2.45) is 0 Å². The van der Waals surface area contributed by atoms with E-state index in [1.54, 1.807) is 14.2 Å². The number of nitrogens with one attached hydrogen (secondary N) is 1. The minimum absolute atomic E-state index is 0.505. The van der Waals surface area contributed by atoms with Crippen LogP contribution in [0.15, 0.2) is 12.1 Å². The van der Waals surface area contributed by atoms with E-state index in [2.05, 4.69) is 12.2 Å². The van der Waals surface area contributed by atoms with E-state index in [0.29, 0.717) is 5.92 Å². The molecule has 1 N–H and O–H groups in total. The van der Waals surface area contributed by atoms with Crippen LogP contribution in [0.1, 0.15) is 18.4 Å². The third kappa shape index (κ3) is 1.29. The van der Waals surface area contributed by atoms with E-state index in [1.165, 1.54) is 5.56 Å². The predicted molar refractivity (Wildman–Crippen MR) is 56.5 cm³/mol. The Morgan fingerprint density at radius 3 is 2.71 bits per heavy atom. The molecule has 1 aliphatic rings. The average molecular weight is 193 g/mol. The van der Waals surface area contributed by atoms with Gasteiger partial charge < -0.3 is 14.8 Å². The molecule has 0 aliphatic carbocycles. The van der Waals surface area contributed by atoms with E-state index < -0.39 is 0 Å². The average Bonchev–Trinajstić information content (AvgIpc) is 2.59. The van der Waals surface area contributed by atoms with E-state index in [9.17, 15) is 0 Å².